The second-order valence-corrected chi connectivity index (χ2v) is 4.72. The van der Waals surface area contributed by atoms with E-state index in [4.69, 9.17) is 5.73 Å². The molecule has 0 bridgehead atoms. The van der Waals surface area contributed by atoms with Gasteiger partial charge in [0.05, 0.1) is 6.54 Å². The maximum Gasteiger partial charge on any atom is 0.251 e. The average molecular weight is 259 g/mol. The van der Waals surface area contributed by atoms with Crippen LogP contribution in [0.15, 0.2) is 24.3 Å². The van der Waals surface area contributed by atoms with Crippen molar-refractivity contribution in [1.82, 2.24) is 10.2 Å². The van der Waals surface area contributed by atoms with Crippen LogP contribution < -0.4 is 11.1 Å². The molecule has 19 heavy (non-hydrogen) atoms. The summed E-state index contributed by atoms with van der Waals surface area (Å²) >= 11 is 0. The maximum atomic E-state index is 12.1. The molecule has 0 aliphatic rings. The highest BCUT2D eigenvalue weighted by atomic mass is 16.1. The molecule has 0 saturated carbocycles. The Morgan fingerprint density at radius 2 is 2.21 bits per heavy atom. The number of amides is 1. The van der Waals surface area contributed by atoms with Gasteiger partial charge in [0.15, 0.2) is 0 Å². The van der Waals surface area contributed by atoms with Crippen LogP contribution in [0.4, 0.5) is 0 Å². The van der Waals surface area contributed by atoms with E-state index in [1.165, 1.54) is 0 Å². The van der Waals surface area contributed by atoms with Gasteiger partial charge in [-0.15, -0.1) is 0 Å². The molecule has 0 radical (unpaired) electrons. The van der Waals surface area contributed by atoms with E-state index in [-0.39, 0.29) is 11.9 Å². The third-order valence-electron chi connectivity index (χ3n) is 2.48. The molecule has 1 aromatic carbocycles. The minimum Gasteiger partial charge on any atom is -0.348 e. The van der Waals surface area contributed by atoms with Gasteiger partial charge in [0.2, 0.25) is 0 Å². The number of hydrogen-bond donors (Lipinski definition) is 2. The van der Waals surface area contributed by atoms with Crippen LogP contribution in [0.2, 0.25) is 0 Å². The maximum absolute atomic E-state index is 12.1. The molecule has 0 fully saturated rings. The van der Waals surface area contributed by atoms with E-state index in [0.717, 1.165) is 12.1 Å². The van der Waals surface area contributed by atoms with E-state index in [2.05, 4.69) is 17.2 Å². The third-order valence-corrected chi connectivity index (χ3v) is 2.48. The van der Waals surface area contributed by atoms with Crippen LogP contribution in [0.5, 0.6) is 0 Å². The summed E-state index contributed by atoms with van der Waals surface area (Å²) in [5.74, 6) is 5.62. The average Bonchev–Trinajstić information content (AvgIpc) is 2.35. The Morgan fingerprint density at radius 1 is 1.47 bits per heavy atom. The summed E-state index contributed by atoms with van der Waals surface area (Å²) in [6.07, 6.45) is 0. The van der Waals surface area contributed by atoms with Gasteiger partial charge < -0.3 is 16.0 Å². The van der Waals surface area contributed by atoms with Gasteiger partial charge in [-0.25, -0.2) is 0 Å². The molecule has 4 nitrogen and oxygen atoms in total. The van der Waals surface area contributed by atoms with Crippen molar-refractivity contribution in [3.63, 3.8) is 0 Å². The Labute approximate surface area is 115 Å². The van der Waals surface area contributed by atoms with E-state index in [9.17, 15) is 4.79 Å². The molecule has 102 valence electrons. The number of hydrogen-bond acceptors (Lipinski definition) is 3. The van der Waals surface area contributed by atoms with Crippen LogP contribution in [-0.4, -0.2) is 44.0 Å². The Hall–Kier alpha value is -1.83. The minimum absolute atomic E-state index is 0.0780. The lowest BCUT2D eigenvalue weighted by Gasteiger charge is -2.18. The van der Waals surface area contributed by atoms with Gasteiger partial charge in [-0.2, -0.15) is 0 Å². The zero-order chi connectivity index (χ0) is 14.3. The molecule has 0 aliphatic heterocycles. The second-order valence-electron chi connectivity index (χ2n) is 4.72. The van der Waals surface area contributed by atoms with Gasteiger partial charge >= 0.3 is 0 Å². The van der Waals surface area contributed by atoms with Crippen LogP contribution >= 0.6 is 0 Å². The summed E-state index contributed by atoms with van der Waals surface area (Å²) in [5.41, 5.74) is 6.75. The predicted octanol–water partition coefficient (Wildman–Crippen LogP) is 0.677. The molecule has 4 heteroatoms. The molecular weight excluding hydrogens is 238 g/mol. The van der Waals surface area contributed by atoms with E-state index >= 15 is 0 Å². The van der Waals surface area contributed by atoms with Crippen LogP contribution in [0.25, 0.3) is 0 Å². The van der Waals surface area contributed by atoms with Gasteiger partial charge in [0.25, 0.3) is 5.91 Å². The second kappa shape index (κ2) is 7.57. The number of carbonyl (C=O) groups is 1. The molecule has 1 amide bonds. The van der Waals surface area contributed by atoms with Crippen LogP contribution in [0, 0.1) is 11.8 Å². The van der Waals surface area contributed by atoms with Crippen molar-refractivity contribution in [2.24, 2.45) is 5.73 Å². The molecule has 0 heterocycles. The van der Waals surface area contributed by atoms with Crippen molar-refractivity contribution in [3.8, 4) is 11.8 Å². The Bertz CT molecular complexity index is 486. The Morgan fingerprint density at radius 3 is 2.84 bits per heavy atom. The quantitative estimate of drug-likeness (QED) is 0.782. The normalized spacial score (nSPS) is 11.6. The molecule has 1 aromatic rings. The standard InChI is InChI=1S/C15H21N3O/c1-12(11-18(2)3)17-15(19)14-8-4-6-13(10-14)7-5-9-16/h4,6,8,10,12H,9,11,16H2,1-3H3,(H,17,19). The molecular formula is C15H21N3O. The van der Waals surface area contributed by atoms with Crippen LogP contribution in [-0.2, 0) is 0 Å². The number of likely N-dealkylation sites (N-methyl/N-ethyl adjacent to an activating group) is 1. The van der Waals surface area contributed by atoms with E-state index < -0.39 is 0 Å². The SMILES string of the molecule is CC(CN(C)C)NC(=O)c1cccc(C#CCN)c1. The first kappa shape index (κ1) is 15.2. The Kier molecular flexibility index (Phi) is 6.07. The number of nitrogens with zero attached hydrogens (tertiary/aromatic N) is 1. The summed E-state index contributed by atoms with van der Waals surface area (Å²) in [4.78, 5) is 14.1. The third kappa shape index (κ3) is 5.56. The van der Waals surface area contributed by atoms with Gasteiger partial charge in [0, 0.05) is 23.7 Å². The van der Waals surface area contributed by atoms with Gasteiger partial charge in [0.1, 0.15) is 0 Å². The smallest absolute Gasteiger partial charge is 0.251 e. The highest BCUT2D eigenvalue weighted by molar-refractivity contribution is 5.94. The molecule has 0 spiro atoms. The number of benzene rings is 1. The number of carbonyl (C=O) groups excluding carboxylic acids is 1. The molecule has 1 rings (SSSR count). The zero-order valence-corrected chi connectivity index (χ0v) is 11.7. The van der Waals surface area contributed by atoms with E-state index in [0.29, 0.717) is 12.1 Å². The fourth-order valence-corrected chi connectivity index (χ4v) is 1.79. The summed E-state index contributed by atoms with van der Waals surface area (Å²) in [7, 11) is 3.96. The fourth-order valence-electron chi connectivity index (χ4n) is 1.79. The molecule has 1 atom stereocenters. The highest BCUT2D eigenvalue weighted by Gasteiger charge is 2.10. The van der Waals surface area contributed by atoms with E-state index in [1.54, 1.807) is 12.1 Å². The predicted molar refractivity (Wildman–Crippen MR) is 77.9 cm³/mol. The number of rotatable bonds is 4. The lowest BCUT2D eigenvalue weighted by molar-refractivity contribution is 0.0934. The first-order valence-corrected chi connectivity index (χ1v) is 6.27. The monoisotopic (exact) mass is 259 g/mol. The molecule has 0 aromatic heterocycles. The van der Waals surface area contributed by atoms with Gasteiger partial charge in [-0.1, -0.05) is 17.9 Å². The highest BCUT2D eigenvalue weighted by Crippen LogP contribution is 2.04. The number of nitrogens with two attached hydrogens (primary N) is 1. The van der Waals surface area contributed by atoms with Crippen molar-refractivity contribution in [3.05, 3.63) is 35.4 Å². The summed E-state index contributed by atoms with van der Waals surface area (Å²) in [5, 5.41) is 2.96. The molecule has 0 saturated heterocycles. The minimum atomic E-state index is -0.0780. The zero-order valence-electron chi connectivity index (χ0n) is 11.7. The van der Waals surface area contributed by atoms with Gasteiger partial charge in [-0.3, -0.25) is 4.79 Å². The summed E-state index contributed by atoms with van der Waals surface area (Å²) in [6.45, 7) is 3.10. The van der Waals surface area contributed by atoms with Gasteiger partial charge in [-0.05, 0) is 39.2 Å². The van der Waals surface area contributed by atoms with Crippen molar-refractivity contribution < 1.29 is 4.79 Å². The first-order valence-electron chi connectivity index (χ1n) is 6.27. The lowest BCUT2D eigenvalue weighted by atomic mass is 10.1. The molecule has 1 unspecified atom stereocenters. The van der Waals surface area contributed by atoms with Crippen molar-refractivity contribution in [2.75, 3.05) is 27.2 Å². The number of nitrogens with one attached hydrogen (secondary N) is 1. The van der Waals surface area contributed by atoms with Crippen molar-refractivity contribution in [2.45, 2.75) is 13.0 Å². The van der Waals surface area contributed by atoms with Crippen LogP contribution in [0.1, 0.15) is 22.8 Å². The largest absolute Gasteiger partial charge is 0.348 e. The fraction of sp³-hybridized carbons (Fsp3) is 0.400. The lowest BCUT2D eigenvalue weighted by Crippen LogP contribution is -2.39. The van der Waals surface area contributed by atoms with Crippen molar-refractivity contribution in [1.29, 1.82) is 0 Å². The molecule has 0 aliphatic carbocycles. The summed E-state index contributed by atoms with van der Waals surface area (Å²) < 4.78 is 0. The first-order chi connectivity index (χ1) is 9.02. The summed E-state index contributed by atoms with van der Waals surface area (Å²) in [6, 6.07) is 7.35. The topological polar surface area (TPSA) is 58.4 Å². The van der Waals surface area contributed by atoms with E-state index in [1.807, 2.05) is 38.1 Å². The molecule has 3 N–H and O–H groups in total. The Balaban J connectivity index is 2.71. The van der Waals surface area contributed by atoms with Crippen LogP contribution in [0.3, 0.4) is 0 Å². The van der Waals surface area contributed by atoms with Crippen molar-refractivity contribution >= 4 is 5.91 Å².